The lowest BCUT2D eigenvalue weighted by molar-refractivity contribution is 0.477. The van der Waals surface area contributed by atoms with Crippen molar-refractivity contribution in [2.45, 2.75) is 33.2 Å². The van der Waals surface area contributed by atoms with Crippen LogP contribution in [0.25, 0.3) is 0 Å². The van der Waals surface area contributed by atoms with Gasteiger partial charge in [-0.15, -0.1) is 0 Å². The average molecular weight is 334 g/mol. The van der Waals surface area contributed by atoms with Crippen LogP contribution in [0.2, 0.25) is 0 Å². The van der Waals surface area contributed by atoms with E-state index in [9.17, 15) is 0 Å². The van der Waals surface area contributed by atoms with Gasteiger partial charge >= 0.3 is 0 Å². The van der Waals surface area contributed by atoms with Crippen LogP contribution in [0.4, 0.5) is 0 Å². The van der Waals surface area contributed by atoms with Gasteiger partial charge in [0.25, 0.3) is 0 Å². The Bertz CT molecular complexity index is 608. The van der Waals surface area contributed by atoms with Gasteiger partial charge in [0.15, 0.2) is 0 Å². The van der Waals surface area contributed by atoms with Gasteiger partial charge in [-0.25, -0.2) is 0 Å². The van der Waals surface area contributed by atoms with E-state index in [1.807, 2.05) is 18.2 Å². The normalized spacial score (nSPS) is 10.9. The monoisotopic (exact) mass is 333 g/mol. The van der Waals surface area contributed by atoms with Crippen molar-refractivity contribution >= 4 is 15.9 Å². The van der Waals surface area contributed by atoms with Gasteiger partial charge in [-0.3, -0.25) is 0 Å². The van der Waals surface area contributed by atoms with E-state index in [1.54, 1.807) is 0 Å². The van der Waals surface area contributed by atoms with Gasteiger partial charge in [-0.2, -0.15) is 0 Å². The minimum absolute atomic E-state index is 0.490. The molecule has 0 bridgehead atoms. The molecule has 0 radical (unpaired) electrons. The van der Waals surface area contributed by atoms with Crippen LogP contribution in [0, 0.1) is 6.92 Å². The number of aryl methyl sites for hydroxylation is 1. The topological polar surface area (TPSA) is 35.2 Å². The number of hydrogen-bond donors (Lipinski definition) is 1. The lowest BCUT2D eigenvalue weighted by Gasteiger charge is -2.13. The predicted octanol–water partition coefficient (Wildman–Crippen LogP) is 5.13. The molecule has 2 aromatic carbocycles. The third-order valence-electron chi connectivity index (χ3n) is 3.35. The minimum Gasteiger partial charge on any atom is -0.457 e. The molecule has 2 aromatic rings. The number of halogens is 1. The molecule has 0 unspecified atom stereocenters. The summed E-state index contributed by atoms with van der Waals surface area (Å²) >= 11 is 3.52. The highest BCUT2D eigenvalue weighted by Gasteiger charge is 2.07. The van der Waals surface area contributed by atoms with Crippen LogP contribution in [0.1, 0.15) is 36.5 Å². The molecule has 20 heavy (non-hydrogen) atoms. The van der Waals surface area contributed by atoms with Crippen molar-refractivity contribution < 1.29 is 4.74 Å². The van der Waals surface area contributed by atoms with Gasteiger partial charge in [0.05, 0.1) is 0 Å². The van der Waals surface area contributed by atoms with Gasteiger partial charge < -0.3 is 10.5 Å². The number of hydrogen-bond acceptors (Lipinski definition) is 2. The van der Waals surface area contributed by atoms with Gasteiger partial charge in [-0.05, 0) is 47.7 Å². The average Bonchev–Trinajstić information content (AvgIpc) is 2.41. The second-order valence-electron chi connectivity index (χ2n) is 5.24. The molecule has 0 amide bonds. The molecule has 3 heteroatoms. The van der Waals surface area contributed by atoms with Crippen LogP contribution in [-0.2, 0) is 6.54 Å². The molecule has 2 nitrogen and oxygen atoms in total. The summed E-state index contributed by atoms with van der Waals surface area (Å²) in [5.74, 6) is 2.21. The molecule has 0 atom stereocenters. The number of benzene rings is 2. The van der Waals surface area contributed by atoms with Gasteiger partial charge in [0, 0.05) is 11.0 Å². The molecule has 2 N–H and O–H groups in total. The number of nitrogens with two attached hydrogens (primary N) is 1. The Morgan fingerprint density at radius 3 is 2.50 bits per heavy atom. The molecule has 0 heterocycles. The summed E-state index contributed by atoms with van der Waals surface area (Å²) in [5, 5.41) is 0. The van der Waals surface area contributed by atoms with E-state index >= 15 is 0 Å². The quantitative estimate of drug-likeness (QED) is 0.841. The zero-order valence-corrected chi connectivity index (χ0v) is 13.7. The number of rotatable bonds is 4. The molecule has 0 aliphatic rings. The van der Waals surface area contributed by atoms with Crippen LogP contribution in [0.5, 0.6) is 11.5 Å². The fourth-order valence-electron chi connectivity index (χ4n) is 1.97. The van der Waals surface area contributed by atoms with Crippen LogP contribution in [-0.4, -0.2) is 0 Å². The summed E-state index contributed by atoms with van der Waals surface area (Å²) in [4.78, 5) is 0. The van der Waals surface area contributed by atoms with E-state index in [-0.39, 0.29) is 0 Å². The summed E-state index contributed by atoms with van der Waals surface area (Å²) in [7, 11) is 0. The third kappa shape index (κ3) is 3.41. The molecule has 0 saturated carbocycles. The Labute approximate surface area is 129 Å². The van der Waals surface area contributed by atoms with Crippen molar-refractivity contribution in [3.8, 4) is 11.5 Å². The third-order valence-corrected chi connectivity index (χ3v) is 4.09. The van der Waals surface area contributed by atoms with Gasteiger partial charge in [0.1, 0.15) is 11.5 Å². The Morgan fingerprint density at radius 1 is 1.15 bits per heavy atom. The maximum absolute atomic E-state index is 6.01. The molecule has 0 spiro atoms. The van der Waals surface area contributed by atoms with E-state index < -0.39 is 0 Å². The highest BCUT2D eigenvalue weighted by atomic mass is 79.9. The Morgan fingerprint density at radius 2 is 1.90 bits per heavy atom. The summed E-state index contributed by atoms with van der Waals surface area (Å²) in [5.41, 5.74) is 9.15. The second kappa shape index (κ2) is 6.42. The molecule has 0 aliphatic heterocycles. The first kappa shape index (κ1) is 15.1. The smallest absolute Gasteiger partial charge is 0.130 e. The molecule has 0 saturated heterocycles. The van der Waals surface area contributed by atoms with Crippen molar-refractivity contribution in [2.75, 3.05) is 0 Å². The van der Waals surface area contributed by atoms with E-state index in [0.29, 0.717) is 12.5 Å². The molecule has 0 aliphatic carbocycles. The largest absolute Gasteiger partial charge is 0.457 e. The van der Waals surface area contributed by atoms with Gasteiger partial charge in [0.2, 0.25) is 0 Å². The molecular formula is C17H20BrNO. The standard InChI is InChI=1S/C17H20BrNO/c1-11(2)13-5-4-12(3)17(8-13)20-15-7-6-14(10-19)16(18)9-15/h4-9,11H,10,19H2,1-3H3. The fraction of sp³-hybridized carbons (Fsp3) is 0.294. The SMILES string of the molecule is Cc1ccc(C(C)C)cc1Oc1ccc(CN)c(Br)c1. The minimum atomic E-state index is 0.490. The van der Waals surface area contributed by atoms with Crippen molar-refractivity contribution in [2.24, 2.45) is 5.73 Å². The molecule has 0 aromatic heterocycles. The van der Waals surface area contributed by atoms with E-state index in [1.165, 1.54) is 5.56 Å². The first-order chi connectivity index (χ1) is 9.51. The van der Waals surface area contributed by atoms with E-state index in [4.69, 9.17) is 10.5 Å². The Balaban J connectivity index is 2.29. The summed E-state index contributed by atoms with van der Waals surface area (Å²) in [6, 6.07) is 12.3. The predicted molar refractivity (Wildman–Crippen MR) is 87.4 cm³/mol. The lowest BCUT2D eigenvalue weighted by Crippen LogP contribution is -1.97. The van der Waals surface area contributed by atoms with Crippen molar-refractivity contribution in [3.05, 3.63) is 57.6 Å². The zero-order chi connectivity index (χ0) is 14.7. The molecule has 106 valence electrons. The molecule has 0 fully saturated rings. The van der Waals surface area contributed by atoms with Crippen molar-refractivity contribution in [3.63, 3.8) is 0 Å². The molecule has 2 rings (SSSR count). The van der Waals surface area contributed by atoms with Crippen molar-refractivity contribution in [1.82, 2.24) is 0 Å². The van der Waals surface area contributed by atoms with E-state index in [0.717, 1.165) is 27.1 Å². The summed E-state index contributed by atoms with van der Waals surface area (Å²) in [6.45, 7) is 6.94. The fourth-order valence-corrected chi connectivity index (χ4v) is 2.49. The second-order valence-corrected chi connectivity index (χ2v) is 6.09. The van der Waals surface area contributed by atoms with Crippen molar-refractivity contribution in [1.29, 1.82) is 0 Å². The van der Waals surface area contributed by atoms with Gasteiger partial charge in [-0.1, -0.05) is 48.0 Å². The summed E-state index contributed by atoms with van der Waals surface area (Å²) < 4.78 is 6.99. The summed E-state index contributed by atoms with van der Waals surface area (Å²) in [6.07, 6.45) is 0. The Hall–Kier alpha value is -1.32. The van der Waals surface area contributed by atoms with Crippen LogP contribution in [0.15, 0.2) is 40.9 Å². The lowest BCUT2D eigenvalue weighted by atomic mass is 10.0. The van der Waals surface area contributed by atoms with Crippen LogP contribution < -0.4 is 10.5 Å². The Kier molecular flexibility index (Phi) is 4.84. The van der Waals surface area contributed by atoms with Crippen LogP contribution in [0.3, 0.4) is 0 Å². The zero-order valence-electron chi connectivity index (χ0n) is 12.1. The first-order valence-corrected chi connectivity index (χ1v) is 7.57. The maximum Gasteiger partial charge on any atom is 0.130 e. The first-order valence-electron chi connectivity index (χ1n) is 6.78. The maximum atomic E-state index is 6.01. The molecular weight excluding hydrogens is 314 g/mol. The van der Waals surface area contributed by atoms with Crippen LogP contribution >= 0.6 is 15.9 Å². The van der Waals surface area contributed by atoms with E-state index in [2.05, 4.69) is 54.9 Å². The number of ether oxygens (including phenoxy) is 1. The highest BCUT2D eigenvalue weighted by Crippen LogP contribution is 2.31. The highest BCUT2D eigenvalue weighted by molar-refractivity contribution is 9.10.